The summed E-state index contributed by atoms with van der Waals surface area (Å²) in [6.07, 6.45) is 0. The number of hydrogen-bond acceptors (Lipinski definition) is 1. The molecule has 0 saturated carbocycles. The number of alkyl halides is 1. The standard InChI is InChI=1S/C15H12Br2FIO/c1-8-4-3-5-9(15(8)19)14(17)10-6-11(16)12(18)7-13(10)20-2/h3-7,14H,1-2H3. The van der Waals surface area contributed by atoms with Gasteiger partial charge < -0.3 is 4.74 Å². The lowest BCUT2D eigenvalue weighted by Crippen LogP contribution is -2.01. The number of benzene rings is 2. The van der Waals surface area contributed by atoms with Gasteiger partial charge in [0.05, 0.1) is 16.4 Å². The maximum Gasteiger partial charge on any atom is 0.141 e. The van der Waals surface area contributed by atoms with Crippen molar-refractivity contribution in [2.24, 2.45) is 0 Å². The van der Waals surface area contributed by atoms with Crippen LogP contribution in [-0.4, -0.2) is 7.11 Å². The first-order valence-corrected chi connectivity index (χ1v) is 8.66. The molecule has 0 amide bonds. The van der Waals surface area contributed by atoms with E-state index >= 15 is 0 Å². The van der Waals surface area contributed by atoms with Crippen LogP contribution in [0.15, 0.2) is 34.8 Å². The highest BCUT2D eigenvalue weighted by Crippen LogP contribution is 2.41. The van der Waals surface area contributed by atoms with E-state index in [1.54, 1.807) is 13.2 Å². The second-order valence-electron chi connectivity index (χ2n) is 4.35. The van der Waals surface area contributed by atoms with Gasteiger partial charge in [-0.15, -0.1) is 0 Å². The van der Waals surface area contributed by atoms with E-state index in [0.29, 0.717) is 10.2 Å². The molecule has 2 rings (SSSR count). The fourth-order valence-corrected chi connectivity index (χ4v) is 4.15. The molecule has 1 unspecified atom stereocenters. The normalized spacial score (nSPS) is 12.3. The largest absolute Gasteiger partial charge is 0.496 e. The van der Waals surface area contributed by atoms with Crippen LogP contribution in [0.3, 0.4) is 0 Å². The predicted octanol–water partition coefficient (Wildman–Crippen LogP) is 5.99. The molecule has 0 N–H and O–H groups in total. The third-order valence-electron chi connectivity index (χ3n) is 3.04. The number of methoxy groups -OCH3 is 1. The molecule has 0 heterocycles. The number of aryl methyl sites for hydroxylation is 1. The van der Waals surface area contributed by atoms with Crippen molar-refractivity contribution in [3.63, 3.8) is 0 Å². The monoisotopic (exact) mass is 512 g/mol. The zero-order chi connectivity index (χ0) is 14.9. The van der Waals surface area contributed by atoms with Crippen molar-refractivity contribution in [1.29, 1.82) is 0 Å². The van der Waals surface area contributed by atoms with E-state index < -0.39 is 0 Å². The van der Waals surface area contributed by atoms with Gasteiger partial charge in [0, 0.05) is 15.2 Å². The third kappa shape index (κ3) is 3.20. The van der Waals surface area contributed by atoms with Crippen molar-refractivity contribution in [1.82, 2.24) is 0 Å². The number of hydrogen-bond donors (Lipinski definition) is 0. The molecular formula is C15H12Br2FIO. The highest BCUT2D eigenvalue weighted by Gasteiger charge is 2.20. The molecule has 0 saturated heterocycles. The van der Waals surface area contributed by atoms with Gasteiger partial charge in [-0.2, -0.15) is 0 Å². The molecular weight excluding hydrogens is 502 g/mol. The molecule has 106 valence electrons. The molecule has 20 heavy (non-hydrogen) atoms. The summed E-state index contributed by atoms with van der Waals surface area (Å²) in [7, 11) is 1.55. The first-order valence-electron chi connectivity index (χ1n) is 5.87. The van der Waals surface area contributed by atoms with Crippen LogP contribution >= 0.6 is 54.5 Å². The third-order valence-corrected chi connectivity index (χ3v) is 6.11. The zero-order valence-corrected chi connectivity index (χ0v) is 16.2. The van der Waals surface area contributed by atoms with Crippen LogP contribution in [0.4, 0.5) is 4.39 Å². The Hall–Kier alpha value is -0.140. The van der Waals surface area contributed by atoms with Gasteiger partial charge in [0.2, 0.25) is 0 Å². The highest BCUT2D eigenvalue weighted by molar-refractivity contribution is 14.1. The second kappa shape index (κ2) is 6.75. The summed E-state index contributed by atoms with van der Waals surface area (Å²) in [5.74, 6) is 0.203. The van der Waals surface area contributed by atoms with Gasteiger partial charge in [0.1, 0.15) is 11.6 Å². The maximum atomic E-state index is 13.6. The molecule has 0 aromatic heterocycles. The van der Waals surface area contributed by atoms with Crippen molar-refractivity contribution in [3.05, 3.63) is 60.9 Å². The van der Waals surface area contributed by atoms with Crippen LogP contribution in [0, 0.1) is 16.3 Å². The van der Waals surface area contributed by atoms with Crippen molar-refractivity contribution in [3.8, 4) is 5.75 Å². The number of ether oxygens (including phenoxy) is 1. The van der Waals surface area contributed by atoms with Gasteiger partial charge in [0.25, 0.3) is 0 Å². The summed E-state index contributed by atoms with van der Waals surface area (Å²) in [5, 5.41) is 0. The van der Waals surface area contributed by atoms with E-state index in [1.807, 2.05) is 6.07 Å². The maximum absolute atomic E-state index is 13.6. The van der Waals surface area contributed by atoms with Crippen LogP contribution in [0.5, 0.6) is 5.75 Å². The first kappa shape index (κ1) is 16.2. The molecule has 0 fully saturated rings. The van der Waals surface area contributed by atoms with Crippen molar-refractivity contribution >= 4 is 54.5 Å². The van der Waals surface area contributed by atoms with Gasteiger partial charge in [-0.25, -0.2) is 4.39 Å². The smallest absolute Gasteiger partial charge is 0.141 e. The molecule has 0 radical (unpaired) electrons. The molecule has 2 aromatic rings. The summed E-state index contributed by atoms with van der Waals surface area (Å²) < 4.78 is 20.5. The fraction of sp³-hybridized carbons (Fsp3) is 0.200. The Morgan fingerprint density at radius 3 is 2.60 bits per heavy atom. The average Bonchev–Trinajstić information content (AvgIpc) is 2.43. The topological polar surface area (TPSA) is 9.23 Å². The van der Waals surface area contributed by atoms with E-state index in [2.05, 4.69) is 73.5 Å². The Bertz CT molecular complexity index is 646. The van der Waals surface area contributed by atoms with E-state index in [1.165, 1.54) is 15.2 Å². The van der Waals surface area contributed by atoms with Crippen LogP contribution < -0.4 is 4.74 Å². The van der Waals surface area contributed by atoms with E-state index in [9.17, 15) is 4.39 Å². The molecule has 5 heteroatoms. The van der Waals surface area contributed by atoms with Gasteiger partial charge in [-0.05, 0) is 62.6 Å². The highest BCUT2D eigenvalue weighted by atomic mass is 127. The molecule has 2 aromatic carbocycles. The van der Waals surface area contributed by atoms with Gasteiger partial charge in [-0.3, -0.25) is 0 Å². The molecule has 0 spiro atoms. The van der Waals surface area contributed by atoms with Crippen LogP contribution in [0.25, 0.3) is 0 Å². The van der Waals surface area contributed by atoms with E-state index in [0.717, 1.165) is 11.1 Å². The molecule has 1 atom stereocenters. The minimum Gasteiger partial charge on any atom is -0.496 e. The Morgan fingerprint density at radius 1 is 1.25 bits per heavy atom. The lowest BCUT2D eigenvalue weighted by Gasteiger charge is -2.17. The summed E-state index contributed by atoms with van der Waals surface area (Å²) in [5.41, 5.74) is 3.25. The lowest BCUT2D eigenvalue weighted by molar-refractivity contribution is 0.406. The minimum atomic E-state index is -0.329. The van der Waals surface area contributed by atoms with Crippen molar-refractivity contribution in [2.75, 3.05) is 7.11 Å². The van der Waals surface area contributed by atoms with Crippen molar-refractivity contribution < 1.29 is 9.13 Å². The van der Waals surface area contributed by atoms with Crippen LogP contribution in [-0.2, 0) is 0 Å². The second-order valence-corrected chi connectivity index (χ2v) is 7.20. The van der Waals surface area contributed by atoms with Crippen LogP contribution in [0.1, 0.15) is 21.5 Å². The average molecular weight is 514 g/mol. The van der Waals surface area contributed by atoms with Gasteiger partial charge >= 0.3 is 0 Å². The molecule has 0 bridgehead atoms. The molecule has 0 aliphatic carbocycles. The first-order chi connectivity index (χ1) is 9.45. The van der Waals surface area contributed by atoms with E-state index in [4.69, 9.17) is 4.74 Å². The molecule has 1 nitrogen and oxygen atoms in total. The minimum absolute atomic E-state index is 0.0545. The summed E-state index contributed by atoms with van der Waals surface area (Å²) in [6.45, 7) is 2.07. The number of halogens is 4. The van der Waals surface area contributed by atoms with Gasteiger partial charge in [0.15, 0.2) is 0 Å². The van der Waals surface area contributed by atoms with Gasteiger partial charge in [-0.1, -0.05) is 34.1 Å². The lowest BCUT2D eigenvalue weighted by atomic mass is 10.0. The fourth-order valence-electron chi connectivity index (χ4n) is 1.95. The Labute approximate surface area is 148 Å². The molecule has 0 aliphatic rings. The summed E-state index contributed by atoms with van der Waals surface area (Å²) >= 11 is 9.26. The predicted molar refractivity (Wildman–Crippen MR) is 95.3 cm³/mol. The Kier molecular flexibility index (Phi) is 5.48. The SMILES string of the molecule is COc1cc(F)c(Br)cc1C(Br)c1cccc(C)c1I. The van der Waals surface area contributed by atoms with Crippen molar-refractivity contribution in [2.45, 2.75) is 11.8 Å². The quantitative estimate of drug-likeness (QED) is 0.362. The Morgan fingerprint density at radius 2 is 1.95 bits per heavy atom. The van der Waals surface area contributed by atoms with E-state index in [-0.39, 0.29) is 10.6 Å². The Balaban J connectivity index is 2.55. The zero-order valence-electron chi connectivity index (χ0n) is 10.9. The molecule has 0 aliphatic heterocycles. The summed E-state index contributed by atoms with van der Waals surface area (Å²) in [6, 6.07) is 9.31. The van der Waals surface area contributed by atoms with Crippen LogP contribution in [0.2, 0.25) is 0 Å². The summed E-state index contributed by atoms with van der Waals surface area (Å²) in [4.78, 5) is -0.0545. The number of rotatable bonds is 3.